The third-order valence-electron chi connectivity index (χ3n) is 2.10. The molecular weight excluding hydrogens is 202 g/mol. The summed E-state index contributed by atoms with van der Waals surface area (Å²) in [7, 11) is 1.65. The Morgan fingerprint density at radius 3 is 2.88 bits per heavy atom. The number of benzene rings is 1. The minimum atomic E-state index is 0.118. The molecule has 0 bridgehead atoms. The molecule has 0 aliphatic carbocycles. The Hall–Kier alpha value is -1.48. The van der Waals surface area contributed by atoms with Gasteiger partial charge in [-0.1, -0.05) is 12.1 Å². The van der Waals surface area contributed by atoms with Crippen molar-refractivity contribution in [1.82, 2.24) is 5.32 Å². The summed E-state index contributed by atoms with van der Waals surface area (Å²) in [4.78, 5) is 0. The second kappa shape index (κ2) is 6.90. The van der Waals surface area contributed by atoms with Crippen LogP contribution < -0.4 is 14.8 Å². The molecule has 1 aromatic carbocycles. The van der Waals surface area contributed by atoms with E-state index in [9.17, 15) is 0 Å². The summed E-state index contributed by atoms with van der Waals surface area (Å²) >= 11 is 0. The van der Waals surface area contributed by atoms with Crippen LogP contribution in [0.4, 0.5) is 0 Å². The summed E-state index contributed by atoms with van der Waals surface area (Å²) in [5.74, 6) is 1.64. The SMILES string of the molecule is C=CCNCC(C)Oc1cccc(OC)c1. The van der Waals surface area contributed by atoms with E-state index in [-0.39, 0.29) is 6.10 Å². The van der Waals surface area contributed by atoms with Crippen LogP contribution in [0.25, 0.3) is 0 Å². The Kier molecular flexibility index (Phi) is 5.43. The highest BCUT2D eigenvalue weighted by Crippen LogP contribution is 2.19. The van der Waals surface area contributed by atoms with Crippen LogP contribution in [0.15, 0.2) is 36.9 Å². The lowest BCUT2D eigenvalue weighted by atomic mass is 10.3. The fraction of sp³-hybridized carbons (Fsp3) is 0.385. The maximum atomic E-state index is 5.73. The first kappa shape index (κ1) is 12.6. The van der Waals surface area contributed by atoms with E-state index in [0.717, 1.165) is 24.6 Å². The fourth-order valence-electron chi connectivity index (χ4n) is 1.34. The second-order valence-electron chi connectivity index (χ2n) is 3.55. The van der Waals surface area contributed by atoms with Crippen LogP contribution in [-0.4, -0.2) is 26.3 Å². The van der Waals surface area contributed by atoms with Crippen molar-refractivity contribution in [2.75, 3.05) is 20.2 Å². The molecule has 88 valence electrons. The van der Waals surface area contributed by atoms with Gasteiger partial charge in [-0.05, 0) is 19.1 Å². The second-order valence-corrected chi connectivity index (χ2v) is 3.55. The number of methoxy groups -OCH3 is 1. The molecule has 1 unspecified atom stereocenters. The molecule has 0 fully saturated rings. The van der Waals surface area contributed by atoms with Crippen molar-refractivity contribution in [3.05, 3.63) is 36.9 Å². The predicted octanol–water partition coefficient (Wildman–Crippen LogP) is 2.24. The molecule has 0 radical (unpaired) electrons. The van der Waals surface area contributed by atoms with Crippen molar-refractivity contribution in [1.29, 1.82) is 0 Å². The van der Waals surface area contributed by atoms with Gasteiger partial charge in [-0.25, -0.2) is 0 Å². The van der Waals surface area contributed by atoms with E-state index >= 15 is 0 Å². The van der Waals surface area contributed by atoms with Crippen molar-refractivity contribution in [2.24, 2.45) is 0 Å². The number of rotatable bonds is 7. The molecule has 1 aromatic rings. The Labute approximate surface area is 97.1 Å². The van der Waals surface area contributed by atoms with Crippen LogP contribution in [0.5, 0.6) is 11.5 Å². The molecule has 3 heteroatoms. The maximum Gasteiger partial charge on any atom is 0.123 e. The predicted molar refractivity (Wildman–Crippen MR) is 66.2 cm³/mol. The van der Waals surface area contributed by atoms with Crippen molar-refractivity contribution in [3.8, 4) is 11.5 Å². The average molecular weight is 221 g/mol. The summed E-state index contributed by atoms with van der Waals surface area (Å²) < 4.78 is 10.9. The van der Waals surface area contributed by atoms with Gasteiger partial charge in [0, 0.05) is 19.2 Å². The van der Waals surface area contributed by atoms with Crippen molar-refractivity contribution in [3.63, 3.8) is 0 Å². The van der Waals surface area contributed by atoms with E-state index in [2.05, 4.69) is 11.9 Å². The Morgan fingerprint density at radius 1 is 1.44 bits per heavy atom. The van der Waals surface area contributed by atoms with E-state index in [1.54, 1.807) is 7.11 Å². The molecule has 0 aliphatic rings. The van der Waals surface area contributed by atoms with Gasteiger partial charge in [0.1, 0.15) is 17.6 Å². The van der Waals surface area contributed by atoms with Crippen LogP contribution in [0.2, 0.25) is 0 Å². The fourth-order valence-corrected chi connectivity index (χ4v) is 1.34. The summed E-state index contributed by atoms with van der Waals surface area (Å²) in [6, 6.07) is 7.61. The zero-order valence-corrected chi connectivity index (χ0v) is 9.90. The summed E-state index contributed by atoms with van der Waals surface area (Å²) in [5, 5.41) is 3.21. The Bertz CT molecular complexity index is 325. The van der Waals surface area contributed by atoms with E-state index < -0.39 is 0 Å². The normalized spacial score (nSPS) is 11.9. The third kappa shape index (κ3) is 4.36. The number of nitrogens with one attached hydrogen (secondary N) is 1. The van der Waals surface area contributed by atoms with Crippen molar-refractivity contribution >= 4 is 0 Å². The van der Waals surface area contributed by atoms with Gasteiger partial charge in [-0.15, -0.1) is 6.58 Å². The standard InChI is InChI=1S/C13H19NO2/c1-4-8-14-10-11(2)16-13-7-5-6-12(9-13)15-3/h4-7,9,11,14H,1,8,10H2,2-3H3. The van der Waals surface area contributed by atoms with E-state index in [1.165, 1.54) is 0 Å². The average Bonchev–Trinajstić information content (AvgIpc) is 2.29. The summed E-state index contributed by atoms with van der Waals surface area (Å²) in [6.07, 6.45) is 1.95. The van der Waals surface area contributed by atoms with Crippen molar-refractivity contribution < 1.29 is 9.47 Å². The first-order chi connectivity index (χ1) is 7.76. The molecule has 1 rings (SSSR count). The number of hydrogen-bond acceptors (Lipinski definition) is 3. The zero-order chi connectivity index (χ0) is 11.8. The number of ether oxygens (including phenoxy) is 2. The van der Waals surface area contributed by atoms with Gasteiger partial charge in [-0.3, -0.25) is 0 Å². The molecule has 0 heterocycles. The van der Waals surface area contributed by atoms with Gasteiger partial charge in [0.25, 0.3) is 0 Å². The minimum absolute atomic E-state index is 0.118. The molecule has 16 heavy (non-hydrogen) atoms. The van der Waals surface area contributed by atoms with Crippen LogP contribution in [0, 0.1) is 0 Å². The lowest BCUT2D eigenvalue weighted by molar-refractivity contribution is 0.218. The van der Waals surface area contributed by atoms with Gasteiger partial charge in [0.05, 0.1) is 7.11 Å². The highest BCUT2D eigenvalue weighted by molar-refractivity contribution is 5.32. The van der Waals surface area contributed by atoms with Crippen LogP contribution in [0.3, 0.4) is 0 Å². The molecule has 0 saturated heterocycles. The first-order valence-electron chi connectivity index (χ1n) is 5.38. The van der Waals surface area contributed by atoms with Gasteiger partial charge < -0.3 is 14.8 Å². The maximum absolute atomic E-state index is 5.73. The van der Waals surface area contributed by atoms with Crippen LogP contribution in [0.1, 0.15) is 6.92 Å². The van der Waals surface area contributed by atoms with Crippen LogP contribution in [-0.2, 0) is 0 Å². The minimum Gasteiger partial charge on any atom is -0.497 e. The van der Waals surface area contributed by atoms with E-state index in [0.29, 0.717) is 0 Å². The molecule has 1 N–H and O–H groups in total. The Balaban J connectivity index is 2.42. The monoisotopic (exact) mass is 221 g/mol. The lowest BCUT2D eigenvalue weighted by Crippen LogP contribution is -2.28. The summed E-state index contributed by atoms with van der Waals surface area (Å²) in [6.45, 7) is 7.26. The molecule has 0 aliphatic heterocycles. The third-order valence-corrected chi connectivity index (χ3v) is 2.10. The molecule has 0 amide bonds. The quantitative estimate of drug-likeness (QED) is 0.566. The molecular formula is C13H19NO2. The molecule has 3 nitrogen and oxygen atoms in total. The highest BCUT2D eigenvalue weighted by atomic mass is 16.5. The number of hydrogen-bond donors (Lipinski definition) is 1. The van der Waals surface area contributed by atoms with Crippen molar-refractivity contribution in [2.45, 2.75) is 13.0 Å². The smallest absolute Gasteiger partial charge is 0.123 e. The van der Waals surface area contributed by atoms with Gasteiger partial charge >= 0.3 is 0 Å². The van der Waals surface area contributed by atoms with Crippen LogP contribution >= 0.6 is 0 Å². The van der Waals surface area contributed by atoms with E-state index in [4.69, 9.17) is 9.47 Å². The molecule has 0 saturated carbocycles. The zero-order valence-electron chi connectivity index (χ0n) is 9.90. The lowest BCUT2D eigenvalue weighted by Gasteiger charge is -2.15. The molecule has 0 spiro atoms. The van der Waals surface area contributed by atoms with E-state index in [1.807, 2.05) is 37.3 Å². The van der Waals surface area contributed by atoms with Gasteiger partial charge in [0.2, 0.25) is 0 Å². The molecule has 0 aromatic heterocycles. The highest BCUT2D eigenvalue weighted by Gasteiger charge is 2.03. The van der Waals surface area contributed by atoms with Gasteiger partial charge in [-0.2, -0.15) is 0 Å². The molecule has 1 atom stereocenters. The first-order valence-corrected chi connectivity index (χ1v) is 5.38. The largest absolute Gasteiger partial charge is 0.497 e. The Morgan fingerprint density at radius 2 is 2.19 bits per heavy atom. The summed E-state index contributed by atoms with van der Waals surface area (Å²) in [5.41, 5.74) is 0. The van der Waals surface area contributed by atoms with Gasteiger partial charge in [0.15, 0.2) is 0 Å². The topological polar surface area (TPSA) is 30.5 Å².